The molecule has 2 N–H and O–H groups in total. The van der Waals surface area contributed by atoms with E-state index in [0.29, 0.717) is 12.1 Å². The van der Waals surface area contributed by atoms with Gasteiger partial charge in [0.15, 0.2) is 0 Å². The van der Waals surface area contributed by atoms with Gasteiger partial charge in [-0.05, 0) is 20.8 Å². The van der Waals surface area contributed by atoms with Crippen molar-refractivity contribution in [1.82, 2.24) is 0 Å². The summed E-state index contributed by atoms with van der Waals surface area (Å²) in [6.07, 6.45) is 0.122. The zero-order valence-corrected chi connectivity index (χ0v) is 10.7. The predicted molar refractivity (Wildman–Crippen MR) is 65.1 cm³/mol. The fourth-order valence-electron chi connectivity index (χ4n) is 1.44. The van der Waals surface area contributed by atoms with Crippen LogP contribution in [0.3, 0.4) is 0 Å². The van der Waals surface area contributed by atoms with Crippen LogP contribution in [0.1, 0.15) is 38.8 Å². The Morgan fingerprint density at radius 2 is 1.67 bits per heavy atom. The Bertz CT molecular complexity index is 469. The first kappa shape index (κ1) is 14.6. The number of hydrogen-bond acceptors (Lipinski definition) is 1. The zero-order chi connectivity index (χ0) is 13.9. The van der Waals surface area contributed by atoms with Gasteiger partial charge in [-0.2, -0.15) is 0 Å². The molecule has 0 spiro atoms. The standard InChI is InChI=1S/C14H16F3N/c1-14(2,3)6-4-5-12(18)13-10(16)7-9(15)8-11(13)17/h7-8,12H,5,18H2,1-3H3. The minimum atomic E-state index is -0.974. The van der Waals surface area contributed by atoms with E-state index in [1.54, 1.807) is 0 Å². The van der Waals surface area contributed by atoms with Gasteiger partial charge < -0.3 is 5.73 Å². The summed E-state index contributed by atoms with van der Waals surface area (Å²) in [5.41, 5.74) is 5.16. The summed E-state index contributed by atoms with van der Waals surface area (Å²) in [5.74, 6) is 2.81. The number of halogens is 3. The van der Waals surface area contributed by atoms with Crippen LogP contribution in [0.25, 0.3) is 0 Å². The average molecular weight is 255 g/mol. The molecule has 1 atom stereocenters. The van der Waals surface area contributed by atoms with Crippen LogP contribution in [-0.4, -0.2) is 0 Å². The van der Waals surface area contributed by atoms with E-state index in [4.69, 9.17) is 5.73 Å². The normalized spacial score (nSPS) is 12.8. The van der Waals surface area contributed by atoms with Crippen molar-refractivity contribution in [2.24, 2.45) is 11.1 Å². The van der Waals surface area contributed by atoms with Gasteiger partial charge in [0.25, 0.3) is 0 Å². The summed E-state index contributed by atoms with van der Waals surface area (Å²) in [5, 5.41) is 0. The smallest absolute Gasteiger partial charge is 0.133 e. The molecule has 0 aliphatic heterocycles. The summed E-state index contributed by atoms with van der Waals surface area (Å²) < 4.78 is 39.6. The van der Waals surface area contributed by atoms with Gasteiger partial charge in [-0.25, -0.2) is 13.2 Å². The second-order valence-corrected chi connectivity index (χ2v) is 5.15. The van der Waals surface area contributed by atoms with Crippen LogP contribution in [-0.2, 0) is 0 Å². The first-order valence-corrected chi connectivity index (χ1v) is 5.61. The molecule has 1 unspecified atom stereocenters. The Balaban J connectivity index is 2.91. The maximum atomic E-state index is 13.4. The molecule has 98 valence electrons. The molecule has 1 aromatic rings. The summed E-state index contributed by atoms with van der Waals surface area (Å²) in [6.45, 7) is 5.76. The van der Waals surface area contributed by atoms with Gasteiger partial charge in [-0.1, -0.05) is 5.92 Å². The van der Waals surface area contributed by atoms with Crippen molar-refractivity contribution in [3.8, 4) is 11.8 Å². The summed E-state index contributed by atoms with van der Waals surface area (Å²) in [4.78, 5) is 0. The second kappa shape index (κ2) is 5.45. The third kappa shape index (κ3) is 4.08. The molecule has 4 heteroatoms. The lowest BCUT2D eigenvalue weighted by Gasteiger charge is -2.12. The molecule has 0 heterocycles. The zero-order valence-electron chi connectivity index (χ0n) is 10.7. The predicted octanol–water partition coefficient (Wildman–Crippen LogP) is 3.54. The molecule has 0 bridgehead atoms. The van der Waals surface area contributed by atoms with Crippen LogP contribution < -0.4 is 5.73 Å². The monoisotopic (exact) mass is 255 g/mol. The highest BCUT2D eigenvalue weighted by Gasteiger charge is 2.17. The molecule has 0 aliphatic carbocycles. The molecule has 18 heavy (non-hydrogen) atoms. The van der Waals surface area contributed by atoms with Crippen molar-refractivity contribution in [1.29, 1.82) is 0 Å². The van der Waals surface area contributed by atoms with Crippen LogP contribution in [0, 0.1) is 34.7 Å². The molecule has 0 fully saturated rings. The summed E-state index contributed by atoms with van der Waals surface area (Å²) >= 11 is 0. The van der Waals surface area contributed by atoms with Gasteiger partial charge in [-0.15, -0.1) is 5.92 Å². The van der Waals surface area contributed by atoms with E-state index in [1.807, 2.05) is 20.8 Å². The Labute approximate surface area is 105 Å². The van der Waals surface area contributed by atoms with Crippen LogP contribution in [0.4, 0.5) is 13.2 Å². The topological polar surface area (TPSA) is 26.0 Å². The van der Waals surface area contributed by atoms with Crippen molar-refractivity contribution in [3.63, 3.8) is 0 Å². The Kier molecular flexibility index (Phi) is 4.42. The lowest BCUT2D eigenvalue weighted by molar-refractivity contribution is 0.504. The summed E-state index contributed by atoms with van der Waals surface area (Å²) in [7, 11) is 0. The Hall–Kier alpha value is -1.47. The maximum Gasteiger partial charge on any atom is 0.133 e. The minimum Gasteiger partial charge on any atom is -0.323 e. The molecule has 1 nitrogen and oxygen atoms in total. The van der Waals surface area contributed by atoms with E-state index in [0.717, 1.165) is 0 Å². The van der Waals surface area contributed by atoms with Crippen molar-refractivity contribution < 1.29 is 13.2 Å². The first-order valence-electron chi connectivity index (χ1n) is 5.61. The fraction of sp³-hybridized carbons (Fsp3) is 0.429. The quantitative estimate of drug-likeness (QED) is 0.804. The summed E-state index contributed by atoms with van der Waals surface area (Å²) in [6, 6.07) is 0.339. The average Bonchev–Trinajstić information content (AvgIpc) is 2.13. The Morgan fingerprint density at radius 3 is 2.11 bits per heavy atom. The van der Waals surface area contributed by atoms with Gasteiger partial charge in [0.05, 0.1) is 0 Å². The first-order chi connectivity index (χ1) is 8.20. The molecule has 0 amide bonds. The number of hydrogen-bond donors (Lipinski definition) is 1. The van der Waals surface area contributed by atoms with Crippen molar-refractivity contribution in [3.05, 3.63) is 35.1 Å². The molecule has 0 saturated carbocycles. The van der Waals surface area contributed by atoms with Crippen LogP contribution in [0.15, 0.2) is 12.1 Å². The number of benzene rings is 1. The number of nitrogens with two attached hydrogens (primary N) is 1. The lowest BCUT2D eigenvalue weighted by atomic mass is 9.96. The third-order valence-electron chi connectivity index (χ3n) is 2.20. The van der Waals surface area contributed by atoms with E-state index >= 15 is 0 Å². The number of rotatable bonds is 2. The van der Waals surface area contributed by atoms with Crippen LogP contribution in [0.2, 0.25) is 0 Å². The molecule has 1 rings (SSSR count). The second-order valence-electron chi connectivity index (χ2n) is 5.15. The van der Waals surface area contributed by atoms with Crippen molar-refractivity contribution in [2.75, 3.05) is 0 Å². The molecular weight excluding hydrogens is 239 g/mol. The van der Waals surface area contributed by atoms with Crippen LogP contribution >= 0.6 is 0 Å². The highest BCUT2D eigenvalue weighted by atomic mass is 19.1. The molecule has 0 saturated heterocycles. The van der Waals surface area contributed by atoms with E-state index in [9.17, 15) is 13.2 Å². The highest BCUT2D eigenvalue weighted by Crippen LogP contribution is 2.22. The molecule has 0 radical (unpaired) electrons. The molecule has 0 aromatic heterocycles. The van der Waals surface area contributed by atoms with E-state index in [-0.39, 0.29) is 17.4 Å². The largest absolute Gasteiger partial charge is 0.323 e. The maximum absolute atomic E-state index is 13.4. The molecular formula is C14H16F3N. The van der Waals surface area contributed by atoms with Gasteiger partial charge in [0, 0.05) is 35.6 Å². The van der Waals surface area contributed by atoms with Gasteiger partial charge in [0.2, 0.25) is 0 Å². The van der Waals surface area contributed by atoms with Gasteiger partial charge in [-0.3, -0.25) is 0 Å². The van der Waals surface area contributed by atoms with E-state index in [2.05, 4.69) is 11.8 Å². The molecule has 1 aromatic carbocycles. The van der Waals surface area contributed by atoms with Crippen LogP contribution in [0.5, 0.6) is 0 Å². The highest BCUT2D eigenvalue weighted by molar-refractivity contribution is 5.25. The SMILES string of the molecule is CC(C)(C)C#CCC(N)c1c(F)cc(F)cc1F. The molecule has 0 aliphatic rings. The lowest BCUT2D eigenvalue weighted by Crippen LogP contribution is -2.14. The minimum absolute atomic E-state index is 0.122. The van der Waals surface area contributed by atoms with E-state index < -0.39 is 23.5 Å². The van der Waals surface area contributed by atoms with Crippen molar-refractivity contribution >= 4 is 0 Å². The fourth-order valence-corrected chi connectivity index (χ4v) is 1.44. The van der Waals surface area contributed by atoms with Gasteiger partial charge >= 0.3 is 0 Å². The van der Waals surface area contributed by atoms with Gasteiger partial charge in [0.1, 0.15) is 17.5 Å². The van der Waals surface area contributed by atoms with Crippen molar-refractivity contribution in [2.45, 2.75) is 33.2 Å². The Morgan fingerprint density at radius 1 is 1.17 bits per heavy atom. The van der Waals surface area contributed by atoms with E-state index in [1.165, 1.54) is 0 Å². The third-order valence-corrected chi connectivity index (χ3v) is 2.20.